The highest BCUT2D eigenvalue weighted by Gasteiger charge is 2.40. The maximum atomic E-state index is 14.2. The molecule has 0 radical (unpaired) electrons. The minimum atomic E-state index is -1.03. The summed E-state index contributed by atoms with van der Waals surface area (Å²) in [5, 5.41) is 15.9. The van der Waals surface area contributed by atoms with Crippen LogP contribution in [0.5, 0.6) is 0 Å². The second-order valence-corrected chi connectivity index (χ2v) is 14.3. The van der Waals surface area contributed by atoms with Gasteiger partial charge in [-0.2, -0.15) is 0 Å². The van der Waals surface area contributed by atoms with E-state index in [1.807, 2.05) is 44.2 Å². The van der Waals surface area contributed by atoms with Crippen LogP contribution in [0.15, 0.2) is 30.6 Å². The van der Waals surface area contributed by atoms with E-state index in [-0.39, 0.29) is 6.54 Å². The number of nitrogens with one attached hydrogen (secondary N) is 1. The van der Waals surface area contributed by atoms with Gasteiger partial charge in [0.2, 0.25) is 0 Å². The van der Waals surface area contributed by atoms with Gasteiger partial charge in [-0.05, 0) is 71.8 Å². The number of hydrogen-bond donors (Lipinski definition) is 2. The monoisotopic (exact) mass is 653 g/mol. The number of nitrogens with zero attached hydrogens (tertiary/aromatic N) is 6. The number of carbonyl (C=O) groups excluding carboxylic acids is 2. The van der Waals surface area contributed by atoms with Crippen LogP contribution < -0.4 is 5.32 Å². The third-order valence-corrected chi connectivity index (χ3v) is 9.49. The molecule has 0 atom stereocenters. The molecule has 4 aromatic rings. The van der Waals surface area contributed by atoms with Crippen molar-refractivity contribution in [2.24, 2.45) is 7.05 Å². The number of pyridine rings is 3. The van der Waals surface area contributed by atoms with Gasteiger partial charge in [-0.3, -0.25) is 9.78 Å². The Labute approximate surface area is 280 Å². The third kappa shape index (κ3) is 5.61. The molecular weight excluding hydrogens is 610 g/mol. The van der Waals surface area contributed by atoms with Crippen molar-refractivity contribution in [1.29, 1.82) is 0 Å². The quantitative estimate of drug-likeness (QED) is 0.286. The lowest BCUT2D eigenvalue weighted by atomic mass is 9.85. The number of rotatable bonds is 6. The first-order valence-corrected chi connectivity index (χ1v) is 16.6. The molecule has 0 spiro atoms. The molecule has 2 N–H and O–H groups in total. The van der Waals surface area contributed by atoms with E-state index in [2.05, 4.69) is 9.88 Å². The standard InChI is InChI=1S/C36H43N7O5/c1-35(2,3)48-34(45)43-19-23-30(33(43)44)25(18-38-31(23)22-12-15-37-32-29(22)21-8-7-9-27(21)42(32)6)39-28-11-10-24(26(40-28)20-41(4)5)36(46)13-16-47-17-14-36/h10-12,15,18,46H,7-9,13-14,16-17,19-20H2,1-6H3,(H,39,40). The average molecular weight is 654 g/mol. The van der Waals surface area contributed by atoms with Crippen LogP contribution in [0, 0.1) is 0 Å². The van der Waals surface area contributed by atoms with Crippen molar-refractivity contribution in [2.75, 3.05) is 32.6 Å². The Bertz CT molecular complexity index is 1940. The Kier molecular flexibility index (Phi) is 8.00. The summed E-state index contributed by atoms with van der Waals surface area (Å²) in [7, 11) is 5.96. The fraction of sp³-hybridized carbons (Fsp3) is 0.472. The number of fused-ring (bicyclic) bond motifs is 4. The van der Waals surface area contributed by atoms with Gasteiger partial charge in [0.05, 0.1) is 41.0 Å². The third-order valence-electron chi connectivity index (χ3n) is 9.49. The molecule has 0 unspecified atom stereocenters. The molecule has 2 amide bonds. The number of carbonyl (C=O) groups is 2. The van der Waals surface area contributed by atoms with Crippen molar-refractivity contribution in [2.45, 2.75) is 77.2 Å². The normalized spacial score (nSPS) is 17.2. The molecule has 1 aliphatic carbocycles. The lowest BCUT2D eigenvalue weighted by Gasteiger charge is -2.34. The maximum absolute atomic E-state index is 14.2. The van der Waals surface area contributed by atoms with E-state index in [0.717, 1.165) is 52.0 Å². The first-order chi connectivity index (χ1) is 22.8. The number of aliphatic hydroxyl groups is 1. The van der Waals surface area contributed by atoms with Gasteiger partial charge >= 0.3 is 6.09 Å². The lowest BCUT2D eigenvalue weighted by Crippen LogP contribution is -2.37. The largest absolute Gasteiger partial charge is 0.443 e. The molecule has 0 aromatic carbocycles. The van der Waals surface area contributed by atoms with Crippen LogP contribution >= 0.6 is 0 Å². The van der Waals surface area contributed by atoms with Crippen LogP contribution in [0.2, 0.25) is 0 Å². The van der Waals surface area contributed by atoms with Crippen molar-refractivity contribution in [1.82, 2.24) is 29.3 Å². The predicted molar refractivity (Wildman–Crippen MR) is 181 cm³/mol. The summed E-state index contributed by atoms with van der Waals surface area (Å²) in [6, 6.07) is 5.67. The van der Waals surface area contributed by atoms with Gasteiger partial charge in [-0.25, -0.2) is 19.7 Å². The fourth-order valence-corrected chi connectivity index (χ4v) is 7.33. The number of hydrogen-bond acceptors (Lipinski definition) is 10. The maximum Gasteiger partial charge on any atom is 0.417 e. The molecule has 12 heteroatoms. The van der Waals surface area contributed by atoms with Crippen LogP contribution in [0.4, 0.5) is 16.3 Å². The Balaban J connectivity index is 1.34. The molecule has 2 aliphatic heterocycles. The molecule has 48 heavy (non-hydrogen) atoms. The Morgan fingerprint density at radius 2 is 1.90 bits per heavy atom. The zero-order chi connectivity index (χ0) is 34.0. The van der Waals surface area contributed by atoms with Gasteiger partial charge in [0.1, 0.15) is 17.1 Å². The van der Waals surface area contributed by atoms with E-state index in [1.165, 1.54) is 11.3 Å². The second-order valence-electron chi connectivity index (χ2n) is 14.3. The number of aromatic nitrogens is 4. The number of aryl methyl sites for hydroxylation is 2. The molecule has 0 bridgehead atoms. The number of amides is 2. The molecule has 4 aromatic heterocycles. The van der Waals surface area contributed by atoms with Gasteiger partial charge < -0.3 is 29.4 Å². The lowest BCUT2D eigenvalue weighted by molar-refractivity contribution is -0.0688. The van der Waals surface area contributed by atoms with E-state index < -0.39 is 23.2 Å². The van der Waals surface area contributed by atoms with Gasteiger partial charge in [-0.15, -0.1) is 0 Å². The molecule has 1 saturated heterocycles. The van der Waals surface area contributed by atoms with E-state index >= 15 is 0 Å². The van der Waals surface area contributed by atoms with E-state index in [4.69, 9.17) is 24.4 Å². The molecule has 12 nitrogen and oxygen atoms in total. The first-order valence-electron chi connectivity index (χ1n) is 16.6. The SMILES string of the molecule is CN(C)Cc1nc(Nc2cnc(-c3ccnc4c3c3c(n4C)CCC3)c3c2C(=O)N(C(=O)OC(C)(C)C)C3)ccc1C1(O)CCOCC1. The fourth-order valence-electron chi connectivity index (χ4n) is 7.33. The zero-order valence-corrected chi connectivity index (χ0v) is 28.5. The molecule has 252 valence electrons. The molecule has 1 fully saturated rings. The molecule has 7 rings (SSSR count). The highest BCUT2D eigenvalue weighted by atomic mass is 16.6. The van der Waals surface area contributed by atoms with Crippen LogP contribution in [0.25, 0.3) is 22.3 Å². The minimum Gasteiger partial charge on any atom is -0.443 e. The molecule has 6 heterocycles. The predicted octanol–water partition coefficient (Wildman–Crippen LogP) is 5.21. The summed E-state index contributed by atoms with van der Waals surface area (Å²) in [5.41, 5.74) is 6.08. The minimum absolute atomic E-state index is 0.0210. The van der Waals surface area contributed by atoms with Crippen molar-refractivity contribution in [3.63, 3.8) is 0 Å². The molecular formula is C36H43N7O5. The van der Waals surface area contributed by atoms with Crippen LogP contribution in [-0.2, 0) is 48.1 Å². The highest BCUT2D eigenvalue weighted by Crippen LogP contribution is 2.42. The summed E-state index contributed by atoms with van der Waals surface area (Å²) in [5.74, 6) is 0.0364. The Morgan fingerprint density at radius 3 is 2.62 bits per heavy atom. The zero-order valence-electron chi connectivity index (χ0n) is 28.5. The highest BCUT2D eigenvalue weighted by molar-refractivity contribution is 6.12. The van der Waals surface area contributed by atoms with Crippen molar-refractivity contribution in [3.8, 4) is 11.3 Å². The van der Waals surface area contributed by atoms with Crippen molar-refractivity contribution in [3.05, 3.63) is 64.2 Å². The van der Waals surface area contributed by atoms with Crippen LogP contribution in [0.3, 0.4) is 0 Å². The average Bonchev–Trinajstić information content (AvgIpc) is 3.71. The summed E-state index contributed by atoms with van der Waals surface area (Å²) in [4.78, 5) is 45.3. The Morgan fingerprint density at radius 1 is 1.12 bits per heavy atom. The van der Waals surface area contributed by atoms with E-state index in [1.54, 1.807) is 33.2 Å². The van der Waals surface area contributed by atoms with Crippen LogP contribution in [0.1, 0.15) is 78.5 Å². The molecule has 3 aliphatic rings. The van der Waals surface area contributed by atoms with E-state index in [9.17, 15) is 14.7 Å². The smallest absolute Gasteiger partial charge is 0.417 e. The number of anilines is 2. The topological polar surface area (TPSA) is 135 Å². The number of ether oxygens (including phenoxy) is 2. The van der Waals surface area contributed by atoms with E-state index in [0.29, 0.717) is 60.9 Å². The van der Waals surface area contributed by atoms with Gasteiger partial charge in [0, 0.05) is 73.6 Å². The van der Waals surface area contributed by atoms with Crippen molar-refractivity contribution >= 4 is 34.5 Å². The Hall–Kier alpha value is -4.39. The number of imide groups is 1. The first kappa shape index (κ1) is 32.2. The van der Waals surface area contributed by atoms with Gasteiger partial charge in [0.15, 0.2) is 0 Å². The van der Waals surface area contributed by atoms with Crippen LogP contribution in [-0.4, -0.2) is 79.3 Å². The van der Waals surface area contributed by atoms with Gasteiger partial charge in [-0.1, -0.05) is 6.07 Å². The summed E-state index contributed by atoms with van der Waals surface area (Å²) in [6.07, 6.45) is 6.72. The van der Waals surface area contributed by atoms with Crippen molar-refractivity contribution < 1.29 is 24.2 Å². The summed E-state index contributed by atoms with van der Waals surface area (Å²) >= 11 is 0. The second kappa shape index (κ2) is 11.9. The van der Waals surface area contributed by atoms with Gasteiger partial charge in [0.25, 0.3) is 5.91 Å². The summed E-state index contributed by atoms with van der Waals surface area (Å²) in [6.45, 7) is 6.82. The summed E-state index contributed by atoms with van der Waals surface area (Å²) < 4.78 is 13.3. The molecule has 0 saturated carbocycles.